The molecule has 7 nitrogen and oxygen atoms in total. The molecule has 0 aliphatic heterocycles. The zero-order valence-corrected chi connectivity index (χ0v) is 17.1. The molecule has 3 aromatic carbocycles. The fourth-order valence-electron chi connectivity index (χ4n) is 3.32. The van der Waals surface area contributed by atoms with Gasteiger partial charge in [0.25, 0.3) is 5.91 Å². The van der Waals surface area contributed by atoms with E-state index >= 15 is 0 Å². The molecule has 0 atom stereocenters. The van der Waals surface area contributed by atoms with Crippen LogP contribution in [0.15, 0.2) is 53.4 Å². The van der Waals surface area contributed by atoms with Crippen LogP contribution in [0.5, 0.6) is 5.75 Å². The molecule has 2 N–H and O–H groups in total. The Labute approximate surface area is 171 Å². The molecule has 148 valence electrons. The second-order valence-electron chi connectivity index (χ2n) is 6.53. The van der Waals surface area contributed by atoms with Crippen molar-refractivity contribution in [1.29, 1.82) is 0 Å². The summed E-state index contributed by atoms with van der Waals surface area (Å²) >= 11 is 6.47. The van der Waals surface area contributed by atoms with Crippen LogP contribution in [0, 0.1) is 0 Å². The van der Waals surface area contributed by atoms with Crippen LogP contribution in [-0.4, -0.2) is 37.5 Å². The van der Waals surface area contributed by atoms with Gasteiger partial charge in [0.15, 0.2) is 15.5 Å². The first-order valence-corrected chi connectivity index (χ1v) is 10.8. The van der Waals surface area contributed by atoms with Gasteiger partial charge in [0.05, 0.1) is 28.2 Å². The summed E-state index contributed by atoms with van der Waals surface area (Å²) in [5.74, 6) is -0.141. The van der Waals surface area contributed by atoms with Gasteiger partial charge in [-0.3, -0.25) is 4.79 Å². The van der Waals surface area contributed by atoms with E-state index in [0.29, 0.717) is 27.4 Å². The van der Waals surface area contributed by atoms with Crippen molar-refractivity contribution >= 4 is 49.0 Å². The Morgan fingerprint density at radius 3 is 2.24 bits per heavy atom. The van der Waals surface area contributed by atoms with E-state index in [1.54, 1.807) is 35.0 Å². The molecule has 0 aliphatic rings. The fraction of sp³-hybridized carbons (Fsp3) is 0.100. The van der Waals surface area contributed by atoms with E-state index in [1.807, 2.05) is 6.07 Å². The summed E-state index contributed by atoms with van der Waals surface area (Å²) in [7, 11) is -1.80. The molecular formula is C20H16ClN3O4S. The van der Waals surface area contributed by atoms with Crippen molar-refractivity contribution in [3.63, 3.8) is 0 Å². The maximum absolute atomic E-state index is 12.0. The van der Waals surface area contributed by atoms with Crippen LogP contribution < -0.4 is 10.5 Å². The first-order valence-electron chi connectivity index (χ1n) is 8.50. The van der Waals surface area contributed by atoms with Gasteiger partial charge in [-0.05, 0) is 42.5 Å². The number of carbonyl (C=O) groups is 1. The number of amides is 1. The Kier molecular flexibility index (Phi) is 4.48. The van der Waals surface area contributed by atoms with Crippen LogP contribution >= 0.6 is 11.6 Å². The number of hydrogen-bond donors (Lipinski definition) is 1. The highest BCUT2D eigenvalue weighted by Gasteiger charge is 2.20. The van der Waals surface area contributed by atoms with E-state index in [4.69, 9.17) is 22.1 Å². The zero-order valence-electron chi connectivity index (χ0n) is 15.5. The predicted molar refractivity (Wildman–Crippen MR) is 112 cm³/mol. The molecule has 29 heavy (non-hydrogen) atoms. The number of benzene rings is 3. The van der Waals surface area contributed by atoms with E-state index in [1.165, 1.54) is 19.2 Å². The molecule has 4 rings (SSSR count). The number of sulfone groups is 1. The number of primary amides is 1. The highest BCUT2D eigenvalue weighted by molar-refractivity contribution is 7.90. The van der Waals surface area contributed by atoms with Gasteiger partial charge in [0, 0.05) is 22.4 Å². The van der Waals surface area contributed by atoms with Crippen LogP contribution in [0.2, 0.25) is 5.02 Å². The third-order valence-corrected chi connectivity index (χ3v) is 6.22. The molecule has 0 fully saturated rings. The standard InChI is InChI=1S/C20H16ClN3O4S/c1-28-16-10-9-14-13(17(16)21)7-8-15-18(20(22)25)23-24(19(14)15)11-3-5-12(6-4-11)29(2,26)27/h3-10H,1-2H3,(H2,22,25). The van der Waals surface area contributed by atoms with Crippen LogP contribution in [0.3, 0.4) is 0 Å². The van der Waals surface area contributed by atoms with Crippen LogP contribution in [0.25, 0.3) is 27.4 Å². The third-order valence-electron chi connectivity index (χ3n) is 4.70. The Hall–Kier alpha value is -3.10. The SMILES string of the molecule is COc1ccc2c(ccc3c(C(N)=O)nn(-c4ccc(S(C)(=O)=O)cc4)c32)c1Cl. The number of methoxy groups -OCH3 is 1. The number of carbonyl (C=O) groups excluding carboxylic acids is 1. The molecule has 1 aromatic heterocycles. The van der Waals surface area contributed by atoms with Gasteiger partial charge in [0.2, 0.25) is 0 Å². The van der Waals surface area contributed by atoms with Crippen LogP contribution in [-0.2, 0) is 9.84 Å². The fourth-order valence-corrected chi connectivity index (χ4v) is 4.25. The summed E-state index contributed by atoms with van der Waals surface area (Å²) < 4.78 is 30.3. The van der Waals surface area contributed by atoms with Gasteiger partial charge < -0.3 is 10.5 Å². The van der Waals surface area contributed by atoms with Crippen molar-refractivity contribution in [3.05, 3.63) is 59.2 Å². The minimum Gasteiger partial charge on any atom is -0.495 e. The van der Waals surface area contributed by atoms with Crippen molar-refractivity contribution in [3.8, 4) is 11.4 Å². The third kappa shape index (κ3) is 3.10. The van der Waals surface area contributed by atoms with Gasteiger partial charge in [-0.2, -0.15) is 5.10 Å². The summed E-state index contributed by atoms with van der Waals surface area (Å²) in [4.78, 5) is 12.2. The summed E-state index contributed by atoms with van der Waals surface area (Å²) in [6.45, 7) is 0. The lowest BCUT2D eigenvalue weighted by molar-refractivity contribution is 0.0996. The number of fused-ring (bicyclic) bond motifs is 3. The van der Waals surface area contributed by atoms with E-state index in [0.717, 1.165) is 17.0 Å². The van der Waals surface area contributed by atoms with Crippen LogP contribution in [0.4, 0.5) is 0 Å². The maximum atomic E-state index is 12.0. The monoisotopic (exact) mass is 429 g/mol. The molecule has 9 heteroatoms. The van der Waals surface area contributed by atoms with Gasteiger partial charge in [-0.15, -0.1) is 0 Å². The molecule has 4 aromatic rings. The number of ether oxygens (including phenoxy) is 1. The highest BCUT2D eigenvalue weighted by Crippen LogP contribution is 2.37. The van der Waals surface area contributed by atoms with E-state index in [9.17, 15) is 13.2 Å². The Morgan fingerprint density at radius 1 is 1.03 bits per heavy atom. The van der Waals surface area contributed by atoms with Crippen LogP contribution in [0.1, 0.15) is 10.5 Å². The number of nitrogens with two attached hydrogens (primary N) is 1. The minimum atomic E-state index is -3.34. The van der Waals surface area contributed by atoms with Gasteiger partial charge in [-0.25, -0.2) is 13.1 Å². The molecule has 0 saturated heterocycles. The number of aromatic nitrogens is 2. The second-order valence-corrected chi connectivity index (χ2v) is 8.92. The van der Waals surface area contributed by atoms with Gasteiger partial charge in [-0.1, -0.05) is 17.7 Å². The summed E-state index contributed by atoms with van der Waals surface area (Å²) in [6.07, 6.45) is 1.14. The smallest absolute Gasteiger partial charge is 0.269 e. The summed E-state index contributed by atoms with van der Waals surface area (Å²) in [5, 5.41) is 6.87. The second kappa shape index (κ2) is 6.75. The quantitative estimate of drug-likeness (QED) is 0.535. The molecule has 1 amide bonds. The van der Waals surface area contributed by atoms with E-state index in [-0.39, 0.29) is 10.6 Å². The molecule has 0 bridgehead atoms. The predicted octanol–water partition coefficient (Wildman–Crippen LogP) is 3.34. The van der Waals surface area contributed by atoms with E-state index < -0.39 is 15.7 Å². The lowest BCUT2D eigenvalue weighted by atomic mass is 10.1. The lowest BCUT2D eigenvalue weighted by Crippen LogP contribution is -2.12. The first kappa shape index (κ1) is 19.2. The topological polar surface area (TPSA) is 104 Å². The van der Waals surface area contributed by atoms with Crippen molar-refractivity contribution in [1.82, 2.24) is 9.78 Å². The normalized spacial score (nSPS) is 11.8. The largest absolute Gasteiger partial charge is 0.495 e. The number of hydrogen-bond acceptors (Lipinski definition) is 5. The Balaban J connectivity index is 2.07. The molecule has 0 aliphatic carbocycles. The zero-order chi connectivity index (χ0) is 20.9. The van der Waals surface area contributed by atoms with Crippen molar-refractivity contribution < 1.29 is 17.9 Å². The molecule has 0 unspecified atom stereocenters. The van der Waals surface area contributed by atoms with E-state index in [2.05, 4.69) is 5.10 Å². The maximum Gasteiger partial charge on any atom is 0.269 e. The average Bonchev–Trinajstić information content (AvgIpc) is 3.08. The van der Waals surface area contributed by atoms with Crippen molar-refractivity contribution in [2.24, 2.45) is 5.73 Å². The van der Waals surface area contributed by atoms with Crippen molar-refractivity contribution in [2.75, 3.05) is 13.4 Å². The average molecular weight is 430 g/mol. The number of nitrogens with zero attached hydrogens (tertiary/aromatic N) is 2. The van der Waals surface area contributed by atoms with Crippen molar-refractivity contribution in [2.45, 2.75) is 4.90 Å². The van der Waals surface area contributed by atoms with Gasteiger partial charge in [0.1, 0.15) is 5.75 Å². The number of halogens is 1. The summed E-state index contributed by atoms with van der Waals surface area (Å²) in [5.41, 5.74) is 6.85. The first-order chi connectivity index (χ1) is 13.7. The number of rotatable bonds is 4. The summed E-state index contributed by atoms with van der Waals surface area (Å²) in [6, 6.07) is 13.3. The molecule has 0 spiro atoms. The lowest BCUT2D eigenvalue weighted by Gasteiger charge is -2.10. The molecule has 1 heterocycles. The minimum absolute atomic E-state index is 0.112. The Morgan fingerprint density at radius 2 is 1.66 bits per heavy atom. The Bertz CT molecular complexity index is 1390. The molecule has 0 radical (unpaired) electrons. The molecule has 0 saturated carbocycles. The van der Waals surface area contributed by atoms with Gasteiger partial charge >= 0.3 is 0 Å². The molecular weight excluding hydrogens is 414 g/mol. The highest BCUT2D eigenvalue weighted by atomic mass is 35.5.